The maximum atomic E-state index is 12.9. The molecule has 0 saturated heterocycles. The molecule has 0 aliphatic carbocycles. The minimum atomic E-state index is -4.61. The van der Waals surface area contributed by atoms with Crippen LogP contribution in [0.4, 0.5) is 13.2 Å². The molecule has 32 heavy (non-hydrogen) atoms. The quantitative estimate of drug-likeness (QED) is 0.403. The maximum Gasteiger partial charge on any atom is 0.436 e. The summed E-state index contributed by atoms with van der Waals surface area (Å²) in [6.45, 7) is 2.21. The molecule has 0 saturated carbocycles. The maximum absolute atomic E-state index is 12.9. The Morgan fingerprint density at radius 3 is 2.53 bits per heavy atom. The van der Waals surface area contributed by atoms with Gasteiger partial charge in [0.25, 0.3) is 5.91 Å². The van der Waals surface area contributed by atoms with Gasteiger partial charge in [0, 0.05) is 23.7 Å². The van der Waals surface area contributed by atoms with Gasteiger partial charge in [-0.25, -0.2) is 0 Å². The number of carbonyl (C=O) groups is 1. The molecule has 3 aromatic rings. The number of nitrogens with one attached hydrogen (secondary N) is 1. The highest BCUT2D eigenvalue weighted by Gasteiger charge is 2.38. The highest BCUT2D eigenvalue weighted by Crippen LogP contribution is 2.35. The molecular formula is C22H20Cl2F3N3O2. The van der Waals surface area contributed by atoms with Gasteiger partial charge in [-0.1, -0.05) is 35.3 Å². The van der Waals surface area contributed by atoms with Crippen molar-refractivity contribution in [3.63, 3.8) is 0 Å². The molecule has 0 spiro atoms. The molecule has 0 aliphatic rings. The van der Waals surface area contributed by atoms with Crippen molar-refractivity contribution < 1.29 is 22.7 Å². The number of nitrogens with zero attached hydrogens (tertiary/aromatic N) is 2. The van der Waals surface area contributed by atoms with Crippen molar-refractivity contribution in [2.75, 3.05) is 6.54 Å². The molecule has 10 heteroatoms. The predicted octanol–water partition coefficient (Wildman–Crippen LogP) is 5.92. The smallest absolute Gasteiger partial charge is 0.436 e. The molecular weight excluding hydrogens is 466 g/mol. The molecule has 0 atom stereocenters. The third kappa shape index (κ3) is 6.17. The van der Waals surface area contributed by atoms with Crippen LogP contribution in [-0.4, -0.2) is 22.2 Å². The van der Waals surface area contributed by atoms with Gasteiger partial charge in [-0.05, 0) is 55.3 Å². The van der Waals surface area contributed by atoms with Crippen molar-refractivity contribution in [3.8, 4) is 5.75 Å². The van der Waals surface area contributed by atoms with E-state index in [2.05, 4.69) is 10.4 Å². The highest BCUT2D eigenvalue weighted by molar-refractivity contribution is 6.32. The first-order valence-electron chi connectivity index (χ1n) is 9.71. The van der Waals surface area contributed by atoms with Gasteiger partial charge < -0.3 is 10.1 Å². The van der Waals surface area contributed by atoms with Crippen molar-refractivity contribution in [2.24, 2.45) is 0 Å². The number of benzene rings is 2. The lowest BCUT2D eigenvalue weighted by Crippen LogP contribution is -2.25. The zero-order valence-electron chi connectivity index (χ0n) is 17.0. The number of amides is 1. The fraction of sp³-hybridized carbons (Fsp3) is 0.273. The average molecular weight is 486 g/mol. The molecule has 0 aliphatic heterocycles. The van der Waals surface area contributed by atoms with Crippen LogP contribution in [0.15, 0.2) is 48.5 Å². The van der Waals surface area contributed by atoms with Crippen molar-refractivity contribution in [3.05, 3.63) is 81.1 Å². The van der Waals surface area contributed by atoms with Crippen LogP contribution in [0.1, 0.15) is 33.7 Å². The summed E-state index contributed by atoms with van der Waals surface area (Å²) >= 11 is 11.6. The van der Waals surface area contributed by atoms with E-state index in [9.17, 15) is 18.0 Å². The van der Waals surface area contributed by atoms with Gasteiger partial charge in [0.2, 0.25) is 0 Å². The van der Waals surface area contributed by atoms with Crippen LogP contribution in [0.3, 0.4) is 0 Å². The van der Waals surface area contributed by atoms with Crippen LogP contribution in [0.5, 0.6) is 5.75 Å². The minimum absolute atomic E-state index is 0.191. The molecule has 3 rings (SSSR count). The summed E-state index contributed by atoms with van der Waals surface area (Å²) in [6.07, 6.45) is -4.22. The lowest BCUT2D eigenvalue weighted by atomic mass is 10.1. The normalized spacial score (nSPS) is 11.4. The summed E-state index contributed by atoms with van der Waals surface area (Å²) in [5.41, 5.74) is 0.408. The first-order chi connectivity index (χ1) is 15.1. The van der Waals surface area contributed by atoms with Crippen LogP contribution in [-0.2, 0) is 19.3 Å². The number of rotatable bonds is 8. The predicted molar refractivity (Wildman–Crippen MR) is 116 cm³/mol. The summed E-state index contributed by atoms with van der Waals surface area (Å²) in [5, 5.41) is 6.51. The van der Waals surface area contributed by atoms with E-state index in [4.69, 9.17) is 27.9 Å². The summed E-state index contributed by atoms with van der Waals surface area (Å²) < 4.78 is 45.6. The van der Waals surface area contributed by atoms with Gasteiger partial charge in [-0.15, -0.1) is 0 Å². The molecule has 2 aromatic carbocycles. The van der Waals surface area contributed by atoms with Crippen molar-refractivity contribution in [1.29, 1.82) is 0 Å². The fourth-order valence-corrected chi connectivity index (χ4v) is 3.32. The number of halogens is 5. The molecule has 5 nitrogen and oxygen atoms in total. The number of aryl methyl sites for hydroxylation is 1. The van der Waals surface area contributed by atoms with Gasteiger partial charge in [0.1, 0.15) is 12.4 Å². The Bertz CT molecular complexity index is 1080. The SMILES string of the molecule is Cc1c(Cl)c(C(F)(F)F)nn1CCCNC(=O)c1cccc(COc2ccc(Cl)cc2)c1. The van der Waals surface area contributed by atoms with Crippen LogP contribution >= 0.6 is 23.2 Å². The van der Waals surface area contributed by atoms with Crippen molar-refractivity contribution in [1.82, 2.24) is 15.1 Å². The van der Waals surface area contributed by atoms with Crippen LogP contribution in [0.2, 0.25) is 10.0 Å². The summed E-state index contributed by atoms with van der Waals surface area (Å²) in [7, 11) is 0. The van der Waals surface area contributed by atoms with E-state index >= 15 is 0 Å². The Labute approximate surface area is 193 Å². The Morgan fingerprint density at radius 1 is 1.16 bits per heavy atom. The van der Waals surface area contributed by atoms with Crippen LogP contribution < -0.4 is 10.1 Å². The molecule has 0 fully saturated rings. The Balaban J connectivity index is 1.50. The Kier molecular flexibility index (Phi) is 7.69. The summed E-state index contributed by atoms with van der Waals surface area (Å²) in [4.78, 5) is 12.4. The first kappa shape index (κ1) is 23.9. The number of carbonyl (C=O) groups excluding carboxylic acids is 1. The van der Waals surface area contributed by atoms with Gasteiger partial charge in [-0.3, -0.25) is 9.48 Å². The second kappa shape index (κ2) is 10.3. The average Bonchev–Trinajstić information content (AvgIpc) is 3.05. The number of hydrogen-bond donors (Lipinski definition) is 1. The highest BCUT2D eigenvalue weighted by atomic mass is 35.5. The van der Waals surface area contributed by atoms with Crippen LogP contribution in [0, 0.1) is 6.92 Å². The molecule has 1 heterocycles. The molecule has 1 aromatic heterocycles. The topological polar surface area (TPSA) is 56.2 Å². The Hall–Kier alpha value is -2.71. The minimum Gasteiger partial charge on any atom is -0.489 e. The van der Waals surface area contributed by atoms with Crippen molar-refractivity contribution in [2.45, 2.75) is 32.7 Å². The van der Waals surface area contributed by atoms with Gasteiger partial charge in [-0.2, -0.15) is 18.3 Å². The largest absolute Gasteiger partial charge is 0.489 e. The fourth-order valence-electron chi connectivity index (χ4n) is 2.96. The van der Waals surface area contributed by atoms with Crippen LogP contribution in [0.25, 0.3) is 0 Å². The van der Waals surface area contributed by atoms with Gasteiger partial charge >= 0.3 is 6.18 Å². The number of hydrogen-bond acceptors (Lipinski definition) is 3. The molecule has 170 valence electrons. The first-order valence-corrected chi connectivity index (χ1v) is 10.5. The molecule has 0 bridgehead atoms. The molecule has 1 N–H and O–H groups in total. The second-order valence-corrected chi connectivity index (χ2v) is 7.84. The summed E-state index contributed by atoms with van der Waals surface area (Å²) in [5.74, 6) is 0.372. The van der Waals surface area contributed by atoms with E-state index in [0.717, 1.165) is 5.56 Å². The Morgan fingerprint density at radius 2 is 1.88 bits per heavy atom. The zero-order valence-corrected chi connectivity index (χ0v) is 18.6. The number of alkyl halides is 3. The third-order valence-corrected chi connectivity index (χ3v) is 5.35. The lowest BCUT2D eigenvalue weighted by Gasteiger charge is -2.09. The third-order valence-electron chi connectivity index (χ3n) is 4.64. The van der Waals surface area contributed by atoms with Crippen molar-refractivity contribution >= 4 is 29.1 Å². The second-order valence-electron chi connectivity index (χ2n) is 7.02. The monoisotopic (exact) mass is 485 g/mol. The molecule has 0 unspecified atom stereocenters. The van der Waals surface area contributed by atoms with E-state index in [0.29, 0.717) is 22.8 Å². The number of aromatic nitrogens is 2. The molecule has 1 amide bonds. The number of ether oxygens (including phenoxy) is 1. The molecule has 0 radical (unpaired) electrons. The van der Waals surface area contributed by atoms with E-state index in [-0.39, 0.29) is 31.3 Å². The lowest BCUT2D eigenvalue weighted by molar-refractivity contribution is -0.141. The standard InChI is InChI=1S/C22H20Cl2F3N3O2/c1-14-19(24)20(22(25,26)27)29-30(14)11-3-10-28-21(31)16-5-2-4-15(12-16)13-32-18-8-6-17(23)7-9-18/h2,4-9,12H,3,10-11,13H2,1H3,(H,28,31). The van der Waals surface area contributed by atoms with E-state index < -0.39 is 16.9 Å². The van der Waals surface area contributed by atoms with Gasteiger partial charge in [0.15, 0.2) is 5.69 Å². The summed E-state index contributed by atoms with van der Waals surface area (Å²) in [6, 6.07) is 14.0. The van der Waals surface area contributed by atoms with E-state index in [1.54, 1.807) is 42.5 Å². The van der Waals surface area contributed by atoms with Gasteiger partial charge in [0.05, 0.1) is 10.7 Å². The van der Waals surface area contributed by atoms with E-state index in [1.165, 1.54) is 11.6 Å². The zero-order chi connectivity index (χ0) is 23.3. The van der Waals surface area contributed by atoms with E-state index in [1.807, 2.05) is 6.07 Å².